The van der Waals surface area contributed by atoms with E-state index in [4.69, 9.17) is 0 Å². The van der Waals surface area contributed by atoms with Crippen LogP contribution in [0, 0.1) is 5.92 Å². The summed E-state index contributed by atoms with van der Waals surface area (Å²) < 4.78 is 1.00. The molecule has 1 N–H and O–H groups in total. The van der Waals surface area contributed by atoms with Crippen LogP contribution in [0.1, 0.15) is 36.3 Å². The van der Waals surface area contributed by atoms with Crippen LogP contribution in [0.2, 0.25) is 0 Å². The Labute approximate surface area is 134 Å². The van der Waals surface area contributed by atoms with Gasteiger partial charge in [-0.05, 0) is 70.6 Å². The van der Waals surface area contributed by atoms with Crippen molar-refractivity contribution >= 4 is 15.9 Å². The minimum absolute atomic E-state index is 0.191. The van der Waals surface area contributed by atoms with Crippen LogP contribution in [-0.4, -0.2) is 16.2 Å². The van der Waals surface area contributed by atoms with E-state index in [1.165, 1.54) is 11.1 Å². The van der Waals surface area contributed by atoms with Crippen molar-refractivity contribution in [3.63, 3.8) is 0 Å². The van der Waals surface area contributed by atoms with E-state index in [1.54, 1.807) is 6.20 Å². The van der Waals surface area contributed by atoms with Crippen LogP contribution in [0.3, 0.4) is 0 Å². The monoisotopic (exact) mass is 345 g/mol. The van der Waals surface area contributed by atoms with Crippen molar-refractivity contribution in [2.45, 2.75) is 37.7 Å². The van der Waals surface area contributed by atoms with Crippen molar-refractivity contribution in [1.29, 1.82) is 0 Å². The Balaban J connectivity index is 1.72. The third-order valence-electron chi connectivity index (χ3n) is 4.47. The predicted octanol–water partition coefficient (Wildman–Crippen LogP) is 4.33. The molecule has 1 aromatic heterocycles. The summed E-state index contributed by atoms with van der Waals surface area (Å²) in [5.74, 6) is 0.889. The van der Waals surface area contributed by atoms with Crippen LogP contribution in [0.25, 0.3) is 0 Å². The van der Waals surface area contributed by atoms with E-state index >= 15 is 0 Å². The Morgan fingerprint density at radius 3 is 2.71 bits per heavy atom. The summed E-state index contributed by atoms with van der Waals surface area (Å²) in [7, 11) is 0. The van der Waals surface area contributed by atoms with Crippen LogP contribution in [0.15, 0.2) is 53.3 Å². The van der Waals surface area contributed by atoms with Gasteiger partial charge in [0.15, 0.2) is 0 Å². The van der Waals surface area contributed by atoms with Crippen molar-refractivity contribution in [2.24, 2.45) is 5.92 Å². The number of hydrogen-bond donors (Lipinski definition) is 1. The first-order valence-corrected chi connectivity index (χ1v) is 8.34. The standard InChI is InChI=1S/C18H20BrNO/c19-17-9-13(11-20-12-17)8-16-10-15(6-7-18(16)21)14-4-2-1-3-5-14/h1-5,9,11-12,15-16,18,21H,6-8,10H2. The SMILES string of the molecule is OC1CCC(c2ccccc2)CC1Cc1cncc(Br)c1. The van der Waals surface area contributed by atoms with E-state index < -0.39 is 0 Å². The number of aliphatic hydroxyl groups excluding tert-OH is 1. The zero-order chi connectivity index (χ0) is 14.7. The van der Waals surface area contributed by atoms with Crippen LogP contribution in [0.4, 0.5) is 0 Å². The van der Waals surface area contributed by atoms with Gasteiger partial charge in [0.2, 0.25) is 0 Å². The van der Waals surface area contributed by atoms with Crippen molar-refractivity contribution in [1.82, 2.24) is 4.98 Å². The summed E-state index contributed by atoms with van der Waals surface area (Å²) in [4.78, 5) is 4.22. The van der Waals surface area contributed by atoms with Gasteiger partial charge in [-0.3, -0.25) is 4.98 Å². The lowest BCUT2D eigenvalue weighted by molar-refractivity contribution is 0.0619. The maximum absolute atomic E-state index is 10.3. The van der Waals surface area contributed by atoms with Gasteiger partial charge in [0.1, 0.15) is 0 Å². The smallest absolute Gasteiger partial charge is 0.0572 e. The largest absolute Gasteiger partial charge is 0.393 e. The molecule has 0 spiro atoms. The predicted molar refractivity (Wildman–Crippen MR) is 88.2 cm³/mol. The first-order chi connectivity index (χ1) is 10.2. The first-order valence-electron chi connectivity index (χ1n) is 7.55. The molecule has 1 aromatic carbocycles. The molecule has 1 aliphatic carbocycles. The highest BCUT2D eigenvalue weighted by molar-refractivity contribution is 9.10. The zero-order valence-electron chi connectivity index (χ0n) is 12.0. The Morgan fingerprint density at radius 2 is 1.95 bits per heavy atom. The summed E-state index contributed by atoms with van der Waals surface area (Å²) in [6, 6.07) is 12.8. The lowest BCUT2D eigenvalue weighted by Crippen LogP contribution is -2.29. The van der Waals surface area contributed by atoms with Crippen molar-refractivity contribution in [3.05, 3.63) is 64.4 Å². The van der Waals surface area contributed by atoms with Crippen molar-refractivity contribution in [2.75, 3.05) is 0 Å². The van der Waals surface area contributed by atoms with E-state index in [0.717, 1.165) is 30.2 Å². The molecule has 1 saturated carbocycles. The highest BCUT2D eigenvalue weighted by Gasteiger charge is 2.30. The number of benzene rings is 1. The van der Waals surface area contributed by atoms with Gasteiger partial charge in [-0.1, -0.05) is 30.3 Å². The third-order valence-corrected chi connectivity index (χ3v) is 4.91. The van der Waals surface area contributed by atoms with Gasteiger partial charge in [-0.2, -0.15) is 0 Å². The number of aromatic nitrogens is 1. The third kappa shape index (κ3) is 3.72. The fourth-order valence-electron chi connectivity index (χ4n) is 3.37. The molecule has 0 bridgehead atoms. The van der Waals surface area contributed by atoms with E-state index in [9.17, 15) is 5.11 Å². The number of nitrogens with zero attached hydrogens (tertiary/aromatic N) is 1. The molecule has 1 heterocycles. The van der Waals surface area contributed by atoms with Gasteiger partial charge in [-0.15, -0.1) is 0 Å². The Morgan fingerprint density at radius 1 is 1.14 bits per heavy atom. The molecule has 110 valence electrons. The highest BCUT2D eigenvalue weighted by atomic mass is 79.9. The lowest BCUT2D eigenvalue weighted by Gasteiger charge is -2.33. The highest BCUT2D eigenvalue weighted by Crippen LogP contribution is 2.37. The van der Waals surface area contributed by atoms with E-state index in [1.807, 2.05) is 6.20 Å². The van der Waals surface area contributed by atoms with Crippen LogP contribution < -0.4 is 0 Å². The minimum atomic E-state index is -0.191. The molecule has 3 atom stereocenters. The van der Waals surface area contributed by atoms with Gasteiger partial charge in [-0.25, -0.2) is 0 Å². The maximum atomic E-state index is 10.3. The molecule has 0 aliphatic heterocycles. The number of aliphatic hydroxyl groups is 1. The average molecular weight is 346 g/mol. The van der Waals surface area contributed by atoms with Crippen LogP contribution in [0.5, 0.6) is 0 Å². The average Bonchev–Trinajstić information content (AvgIpc) is 2.50. The lowest BCUT2D eigenvalue weighted by atomic mass is 9.74. The molecule has 1 fully saturated rings. The molecule has 0 saturated heterocycles. The molecule has 3 rings (SSSR count). The molecular weight excluding hydrogens is 326 g/mol. The van der Waals surface area contributed by atoms with Crippen molar-refractivity contribution < 1.29 is 5.11 Å². The molecule has 2 aromatic rings. The van der Waals surface area contributed by atoms with Crippen LogP contribution in [-0.2, 0) is 6.42 Å². The summed E-state index contributed by atoms with van der Waals surface area (Å²) in [6.07, 6.45) is 7.44. The fraction of sp³-hybridized carbons (Fsp3) is 0.389. The number of halogens is 1. The van der Waals surface area contributed by atoms with Gasteiger partial charge >= 0.3 is 0 Å². The van der Waals surface area contributed by atoms with Crippen LogP contribution >= 0.6 is 15.9 Å². The first kappa shape index (κ1) is 14.7. The molecule has 0 radical (unpaired) electrons. The van der Waals surface area contributed by atoms with Gasteiger partial charge in [0, 0.05) is 16.9 Å². The molecule has 1 aliphatic rings. The van der Waals surface area contributed by atoms with Gasteiger partial charge in [0.05, 0.1) is 6.10 Å². The number of pyridine rings is 1. The summed E-state index contributed by atoms with van der Waals surface area (Å²) >= 11 is 3.47. The summed E-state index contributed by atoms with van der Waals surface area (Å²) in [6.45, 7) is 0. The normalized spacial score (nSPS) is 25.7. The maximum Gasteiger partial charge on any atom is 0.0572 e. The summed E-state index contributed by atoms with van der Waals surface area (Å²) in [5, 5.41) is 10.3. The minimum Gasteiger partial charge on any atom is -0.393 e. The second-order valence-corrected chi connectivity index (χ2v) is 6.88. The Hall–Kier alpha value is -1.19. The molecule has 2 nitrogen and oxygen atoms in total. The van der Waals surface area contributed by atoms with Crippen molar-refractivity contribution in [3.8, 4) is 0 Å². The number of hydrogen-bond acceptors (Lipinski definition) is 2. The molecule has 21 heavy (non-hydrogen) atoms. The summed E-state index contributed by atoms with van der Waals surface area (Å²) in [5.41, 5.74) is 2.60. The second kappa shape index (κ2) is 6.71. The van der Waals surface area contributed by atoms with Gasteiger partial charge < -0.3 is 5.11 Å². The fourth-order valence-corrected chi connectivity index (χ4v) is 3.78. The van der Waals surface area contributed by atoms with E-state index in [0.29, 0.717) is 11.8 Å². The van der Waals surface area contributed by atoms with E-state index in [2.05, 4.69) is 57.3 Å². The molecule has 3 unspecified atom stereocenters. The molecule has 3 heteroatoms. The van der Waals surface area contributed by atoms with E-state index in [-0.39, 0.29) is 6.10 Å². The Bertz CT molecular complexity index is 587. The Kier molecular flexibility index (Phi) is 4.71. The molecule has 0 amide bonds. The quantitative estimate of drug-likeness (QED) is 0.897. The number of rotatable bonds is 3. The zero-order valence-corrected chi connectivity index (χ0v) is 13.5. The van der Waals surface area contributed by atoms with Gasteiger partial charge in [0.25, 0.3) is 0 Å². The molecular formula is C18H20BrNO. The topological polar surface area (TPSA) is 33.1 Å². The second-order valence-electron chi connectivity index (χ2n) is 5.96.